The predicted octanol–water partition coefficient (Wildman–Crippen LogP) is 2.00. The second kappa shape index (κ2) is 6.19. The number of nitrogens with zero attached hydrogens (tertiary/aromatic N) is 3. The van der Waals surface area contributed by atoms with Crippen LogP contribution in [0.5, 0.6) is 0 Å². The van der Waals surface area contributed by atoms with Crippen LogP contribution in [0.2, 0.25) is 0 Å². The molecule has 1 unspecified atom stereocenters. The third-order valence-corrected chi connectivity index (χ3v) is 3.42. The summed E-state index contributed by atoms with van der Waals surface area (Å²) >= 11 is 0. The van der Waals surface area contributed by atoms with E-state index >= 15 is 0 Å². The Labute approximate surface area is 115 Å². The summed E-state index contributed by atoms with van der Waals surface area (Å²) in [5, 5.41) is 3.18. The molecule has 1 fully saturated rings. The lowest BCUT2D eigenvalue weighted by atomic mass is 10.2. The first-order valence-electron chi connectivity index (χ1n) is 7.07. The van der Waals surface area contributed by atoms with Gasteiger partial charge in [0.1, 0.15) is 17.5 Å². The Hall–Kier alpha value is -1.36. The molecule has 0 aromatic carbocycles. The fraction of sp³-hybridized carbons (Fsp3) is 0.714. The van der Waals surface area contributed by atoms with E-state index in [4.69, 9.17) is 9.72 Å². The molecule has 1 N–H and O–H groups in total. The van der Waals surface area contributed by atoms with Gasteiger partial charge in [0.25, 0.3) is 0 Å². The Morgan fingerprint density at radius 1 is 1.42 bits per heavy atom. The van der Waals surface area contributed by atoms with Crippen molar-refractivity contribution >= 4 is 11.6 Å². The zero-order valence-electron chi connectivity index (χ0n) is 12.4. The highest BCUT2D eigenvalue weighted by Gasteiger charge is 2.21. The molecule has 1 atom stereocenters. The molecule has 2 rings (SSSR count). The summed E-state index contributed by atoms with van der Waals surface area (Å²) in [7, 11) is 1.91. The maximum Gasteiger partial charge on any atom is 0.137 e. The lowest BCUT2D eigenvalue weighted by molar-refractivity contribution is 0.0529. The van der Waals surface area contributed by atoms with Crippen molar-refractivity contribution in [2.45, 2.75) is 39.7 Å². The molecular formula is C14H24N4O. The number of ether oxygens (including phenoxy) is 1. The first-order valence-corrected chi connectivity index (χ1v) is 7.07. The molecule has 0 spiro atoms. The number of hydrogen-bond donors (Lipinski definition) is 1. The lowest BCUT2D eigenvalue weighted by Crippen LogP contribution is -2.42. The number of morpholine rings is 1. The van der Waals surface area contributed by atoms with Gasteiger partial charge in [-0.2, -0.15) is 0 Å². The smallest absolute Gasteiger partial charge is 0.137 e. The van der Waals surface area contributed by atoms with Gasteiger partial charge < -0.3 is 15.0 Å². The summed E-state index contributed by atoms with van der Waals surface area (Å²) in [4.78, 5) is 11.6. The van der Waals surface area contributed by atoms with Crippen LogP contribution in [0.4, 0.5) is 11.6 Å². The molecule has 5 nitrogen and oxygen atoms in total. The highest BCUT2D eigenvalue weighted by atomic mass is 16.5. The van der Waals surface area contributed by atoms with Crippen molar-refractivity contribution in [3.8, 4) is 0 Å². The molecule has 0 amide bonds. The van der Waals surface area contributed by atoms with Crippen molar-refractivity contribution in [3.63, 3.8) is 0 Å². The molecule has 19 heavy (non-hydrogen) atoms. The monoisotopic (exact) mass is 264 g/mol. The third kappa shape index (κ3) is 3.15. The Morgan fingerprint density at radius 2 is 2.21 bits per heavy atom. The second-order valence-electron chi connectivity index (χ2n) is 5.06. The maximum atomic E-state index is 5.60. The van der Waals surface area contributed by atoms with Gasteiger partial charge in [0, 0.05) is 32.1 Å². The topological polar surface area (TPSA) is 50.3 Å². The van der Waals surface area contributed by atoms with Crippen molar-refractivity contribution in [2.24, 2.45) is 0 Å². The molecule has 0 saturated carbocycles. The molecule has 106 valence electrons. The molecule has 0 bridgehead atoms. The molecule has 1 aromatic heterocycles. The lowest BCUT2D eigenvalue weighted by Gasteiger charge is -2.33. The number of aryl methyl sites for hydroxylation is 1. The highest BCUT2D eigenvalue weighted by molar-refractivity contribution is 5.58. The Morgan fingerprint density at radius 3 is 2.84 bits per heavy atom. The van der Waals surface area contributed by atoms with Crippen molar-refractivity contribution < 1.29 is 4.74 Å². The summed E-state index contributed by atoms with van der Waals surface area (Å²) in [5.74, 6) is 2.91. The minimum atomic E-state index is 0.260. The van der Waals surface area contributed by atoms with Gasteiger partial charge in [-0.1, -0.05) is 6.92 Å². The molecular weight excluding hydrogens is 240 g/mol. The fourth-order valence-electron chi connectivity index (χ4n) is 2.45. The Kier molecular flexibility index (Phi) is 4.58. The molecule has 1 saturated heterocycles. The number of aromatic nitrogens is 2. The average molecular weight is 264 g/mol. The summed E-state index contributed by atoms with van der Waals surface area (Å²) in [6.07, 6.45) is 2.24. The zero-order chi connectivity index (χ0) is 13.8. The quantitative estimate of drug-likeness (QED) is 0.901. The van der Waals surface area contributed by atoms with E-state index in [1.807, 2.05) is 7.05 Å². The standard InChI is InChI=1S/C14H24N4O/c1-5-6-12-16-13(15-4)11(3)14(17-12)18-7-8-19-10(2)9-18/h10H,5-9H2,1-4H3,(H,15,16,17). The van der Waals surface area contributed by atoms with Gasteiger partial charge in [-0.3, -0.25) is 0 Å². The van der Waals surface area contributed by atoms with E-state index in [0.717, 1.165) is 55.6 Å². The van der Waals surface area contributed by atoms with Gasteiger partial charge in [0.05, 0.1) is 12.7 Å². The van der Waals surface area contributed by atoms with Crippen LogP contribution in [0.15, 0.2) is 0 Å². The van der Waals surface area contributed by atoms with Gasteiger partial charge in [0.2, 0.25) is 0 Å². The second-order valence-corrected chi connectivity index (χ2v) is 5.06. The van der Waals surface area contributed by atoms with Crippen LogP contribution in [-0.2, 0) is 11.2 Å². The molecule has 1 aliphatic rings. The van der Waals surface area contributed by atoms with Crippen LogP contribution in [0.3, 0.4) is 0 Å². The van der Waals surface area contributed by atoms with Crippen molar-refractivity contribution in [3.05, 3.63) is 11.4 Å². The predicted molar refractivity (Wildman–Crippen MR) is 77.9 cm³/mol. The number of rotatable bonds is 4. The van der Waals surface area contributed by atoms with Crippen molar-refractivity contribution in [1.82, 2.24) is 9.97 Å². The normalized spacial score (nSPS) is 19.6. The molecule has 1 aromatic rings. The highest BCUT2D eigenvalue weighted by Crippen LogP contribution is 2.25. The summed E-state index contributed by atoms with van der Waals surface area (Å²) < 4.78 is 5.60. The zero-order valence-corrected chi connectivity index (χ0v) is 12.4. The van der Waals surface area contributed by atoms with E-state index < -0.39 is 0 Å². The molecule has 1 aliphatic heterocycles. The number of nitrogens with one attached hydrogen (secondary N) is 1. The van der Waals surface area contributed by atoms with Crippen LogP contribution in [-0.4, -0.2) is 42.8 Å². The van der Waals surface area contributed by atoms with Gasteiger partial charge in [-0.05, 0) is 20.3 Å². The Balaban J connectivity index is 2.33. The van der Waals surface area contributed by atoms with E-state index in [1.165, 1.54) is 0 Å². The minimum Gasteiger partial charge on any atom is -0.375 e. The average Bonchev–Trinajstić information content (AvgIpc) is 2.41. The van der Waals surface area contributed by atoms with Gasteiger partial charge in [-0.25, -0.2) is 9.97 Å². The first kappa shape index (κ1) is 14.1. The van der Waals surface area contributed by atoms with Crippen LogP contribution < -0.4 is 10.2 Å². The van der Waals surface area contributed by atoms with Crippen LogP contribution in [0.1, 0.15) is 31.7 Å². The minimum absolute atomic E-state index is 0.260. The SMILES string of the molecule is CCCc1nc(NC)c(C)c(N2CCOC(C)C2)n1. The van der Waals surface area contributed by atoms with Gasteiger partial charge in [0.15, 0.2) is 0 Å². The number of anilines is 2. The largest absolute Gasteiger partial charge is 0.375 e. The molecule has 0 radical (unpaired) electrons. The summed E-state index contributed by atoms with van der Waals surface area (Å²) in [6.45, 7) is 8.90. The number of hydrogen-bond acceptors (Lipinski definition) is 5. The molecule has 2 heterocycles. The van der Waals surface area contributed by atoms with E-state index in [0.29, 0.717) is 0 Å². The molecule has 0 aliphatic carbocycles. The van der Waals surface area contributed by atoms with E-state index in [1.54, 1.807) is 0 Å². The summed E-state index contributed by atoms with van der Waals surface area (Å²) in [6, 6.07) is 0. The van der Waals surface area contributed by atoms with Crippen molar-refractivity contribution in [1.29, 1.82) is 0 Å². The first-order chi connectivity index (χ1) is 9.15. The molecule has 5 heteroatoms. The van der Waals surface area contributed by atoms with Crippen LogP contribution in [0.25, 0.3) is 0 Å². The van der Waals surface area contributed by atoms with Crippen LogP contribution >= 0.6 is 0 Å². The van der Waals surface area contributed by atoms with Crippen LogP contribution in [0, 0.1) is 6.92 Å². The Bertz CT molecular complexity index is 436. The maximum absolute atomic E-state index is 5.60. The van der Waals surface area contributed by atoms with E-state index in [9.17, 15) is 0 Å². The van der Waals surface area contributed by atoms with E-state index in [2.05, 4.69) is 36.0 Å². The van der Waals surface area contributed by atoms with Gasteiger partial charge in [-0.15, -0.1) is 0 Å². The third-order valence-electron chi connectivity index (χ3n) is 3.42. The van der Waals surface area contributed by atoms with Crippen molar-refractivity contribution in [2.75, 3.05) is 37.0 Å². The summed E-state index contributed by atoms with van der Waals surface area (Å²) in [5.41, 5.74) is 1.12. The van der Waals surface area contributed by atoms with Gasteiger partial charge >= 0.3 is 0 Å². The fourth-order valence-corrected chi connectivity index (χ4v) is 2.45. The van der Waals surface area contributed by atoms with E-state index in [-0.39, 0.29) is 6.10 Å².